The number of thioether (sulfide) groups is 1. The number of hydrogen-bond acceptors (Lipinski definition) is 3. The molecule has 122 valence electrons. The van der Waals surface area contributed by atoms with Crippen molar-refractivity contribution in [2.24, 2.45) is 0 Å². The monoisotopic (exact) mass is 405 g/mol. The zero-order valence-electron chi connectivity index (χ0n) is 11.6. The Morgan fingerprint density at radius 3 is 2.26 bits per heavy atom. The molecule has 0 unspecified atom stereocenters. The average molecular weight is 406 g/mol. The van der Waals surface area contributed by atoms with Crippen LogP contribution in [0.4, 0.5) is 18.9 Å². The quantitative estimate of drug-likeness (QED) is 0.704. The van der Waals surface area contributed by atoms with Crippen molar-refractivity contribution in [1.82, 2.24) is 0 Å². The molecule has 8 heteroatoms. The number of nitrogens with one attached hydrogen (secondary N) is 1. The molecule has 2 rings (SSSR count). The van der Waals surface area contributed by atoms with Crippen molar-refractivity contribution in [1.29, 1.82) is 0 Å². The Kier molecular flexibility index (Phi) is 5.95. The largest absolute Gasteiger partial charge is 0.573 e. The van der Waals surface area contributed by atoms with Gasteiger partial charge in [0.05, 0.1) is 5.75 Å². The maximum atomic E-state index is 12.0. The number of carbonyl (C=O) groups excluding carboxylic acids is 1. The van der Waals surface area contributed by atoms with E-state index in [1.165, 1.54) is 23.9 Å². The molecule has 0 atom stereocenters. The Balaban J connectivity index is 1.84. The Morgan fingerprint density at radius 1 is 1.09 bits per heavy atom. The second-order valence-corrected chi connectivity index (χ2v) is 6.33. The first-order chi connectivity index (χ1) is 10.8. The molecule has 0 aliphatic rings. The molecule has 0 spiro atoms. The average Bonchev–Trinajstić information content (AvgIpc) is 2.47. The fourth-order valence-electron chi connectivity index (χ4n) is 1.62. The molecule has 1 N–H and O–H groups in total. The van der Waals surface area contributed by atoms with Gasteiger partial charge in [0.1, 0.15) is 5.75 Å². The summed E-state index contributed by atoms with van der Waals surface area (Å²) in [6, 6.07) is 12.5. The van der Waals surface area contributed by atoms with Crippen LogP contribution in [-0.4, -0.2) is 18.0 Å². The summed E-state index contributed by atoms with van der Waals surface area (Å²) in [7, 11) is 0. The predicted molar refractivity (Wildman–Crippen MR) is 86.6 cm³/mol. The van der Waals surface area contributed by atoms with E-state index in [1.54, 1.807) is 0 Å². The smallest absolute Gasteiger partial charge is 0.406 e. The van der Waals surface area contributed by atoms with E-state index in [0.29, 0.717) is 5.69 Å². The molecule has 23 heavy (non-hydrogen) atoms. The summed E-state index contributed by atoms with van der Waals surface area (Å²) in [5.74, 6) is -0.384. The number of carbonyl (C=O) groups is 1. The van der Waals surface area contributed by atoms with E-state index in [-0.39, 0.29) is 17.4 Å². The minimum atomic E-state index is -4.73. The maximum Gasteiger partial charge on any atom is 0.573 e. The van der Waals surface area contributed by atoms with Crippen LogP contribution in [0.3, 0.4) is 0 Å². The number of rotatable bonds is 5. The number of halogens is 4. The van der Waals surface area contributed by atoms with Gasteiger partial charge in [-0.1, -0.05) is 15.9 Å². The normalized spacial score (nSPS) is 11.1. The van der Waals surface area contributed by atoms with Crippen LogP contribution in [0, 0.1) is 0 Å². The highest BCUT2D eigenvalue weighted by Gasteiger charge is 2.30. The number of benzene rings is 2. The summed E-state index contributed by atoms with van der Waals surface area (Å²) in [5.41, 5.74) is 0.404. The van der Waals surface area contributed by atoms with Crippen molar-refractivity contribution < 1.29 is 22.7 Å². The number of hydrogen-bond donors (Lipinski definition) is 1. The first kappa shape index (κ1) is 17.7. The zero-order valence-corrected chi connectivity index (χ0v) is 14.0. The van der Waals surface area contributed by atoms with Gasteiger partial charge in [0.15, 0.2) is 0 Å². The highest BCUT2D eigenvalue weighted by molar-refractivity contribution is 9.10. The van der Waals surface area contributed by atoms with E-state index in [0.717, 1.165) is 21.5 Å². The SMILES string of the molecule is O=C(CSc1ccc(Br)cc1)Nc1ccc(OC(F)(F)F)cc1. The van der Waals surface area contributed by atoms with E-state index in [9.17, 15) is 18.0 Å². The fourth-order valence-corrected chi connectivity index (χ4v) is 2.58. The molecule has 0 radical (unpaired) electrons. The molecule has 0 heterocycles. The Morgan fingerprint density at radius 2 is 1.70 bits per heavy atom. The summed E-state index contributed by atoms with van der Waals surface area (Å²) in [5, 5.41) is 2.61. The molecular formula is C15H11BrF3NO2S. The van der Waals surface area contributed by atoms with Gasteiger partial charge in [-0.15, -0.1) is 24.9 Å². The lowest BCUT2D eigenvalue weighted by Gasteiger charge is -2.10. The van der Waals surface area contributed by atoms with Crippen LogP contribution in [-0.2, 0) is 4.79 Å². The van der Waals surface area contributed by atoms with Crippen LogP contribution in [0.25, 0.3) is 0 Å². The van der Waals surface area contributed by atoms with E-state index in [4.69, 9.17) is 0 Å². The first-order valence-corrected chi connectivity index (χ1v) is 8.14. The molecule has 0 saturated heterocycles. The molecule has 0 bridgehead atoms. The van der Waals surface area contributed by atoms with Gasteiger partial charge in [-0.25, -0.2) is 0 Å². The van der Waals surface area contributed by atoms with Gasteiger partial charge in [0.25, 0.3) is 0 Å². The van der Waals surface area contributed by atoms with Gasteiger partial charge < -0.3 is 10.1 Å². The van der Waals surface area contributed by atoms with Crippen LogP contribution < -0.4 is 10.1 Å². The van der Waals surface area contributed by atoms with E-state index >= 15 is 0 Å². The van der Waals surface area contributed by atoms with Crippen molar-refractivity contribution in [2.75, 3.05) is 11.1 Å². The lowest BCUT2D eigenvalue weighted by Crippen LogP contribution is -2.17. The number of anilines is 1. The Bertz CT molecular complexity index is 660. The standard InChI is InChI=1S/C15H11BrF3NO2S/c16-10-1-7-13(8-2-10)23-9-14(21)20-11-3-5-12(6-4-11)22-15(17,18)19/h1-8H,9H2,(H,20,21). The second kappa shape index (κ2) is 7.74. The van der Waals surface area contributed by atoms with Gasteiger partial charge in [0.2, 0.25) is 5.91 Å². The first-order valence-electron chi connectivity index (χ1n) is 6.36. The van der Waals surface area contributed by atoms with Crippen molar-refractivity contribution >= 4 is 39.3 Å². The molecule has 1 amide bonds. The highest BCUT2D eigenvalue weighted by Crippen LogP contribution is 2.24. The number of amides is 1. The predicted octanol–water partition coefficient (Wildman–Crippen LogP) is 5.08. The van der Waals surface area contributed by atoms with Crippen molar-refractivity contribution in [2.45, 2.75) is 11.3 Å². The molecule has 0 aliphatic heterocycles. The minimum Gasteiger partial charge on any atom is -0.406 e. The third-order valence-corrected chi connectivity index (χ3v) is 4.10. The Hall–Kier alpha value is -1.67. The molecule has 0 aromatic heterocycles. The van der Waals surface area contributed by atoms with Gasteiger partial charge in [-0.05, 0) is 48.5 Å². The van der Waals surface area contributed by atoms with Crippen molar-refractivity contribution in [3.8, 4) is 5.75 Å². The molecule has 0 aliphatic carbocycles. The second-order valence-electron chi connectivity index (χ2n) is 4.36. The van der Waals surface area contributed by atoms with Crippen LogP contribution in [0.1, 0.15) is 0 Å². The van der Waals surface area contributed by atoms with E-state index in [1.807, 2.05) is 24.3 Å². The third-order valence-electron chi connectivity index (χ3n) is 2.56. The highest BCUT2D eigenvalue weighted by atomic mass is 79.9. The van der Waals surface area contributed by atoms with Crippen LogP contribution >= 0.6 is 27.7 Å². The topological polar surface area (TPSA) is 38.3 Å². The molecular weight excluding hydrogens is 395 g/mol. The summed E-state index contributed by atoms with van der Waals surface area (Å²) in [6.07, 6.45) is -4.73. The lowest BCUT2D eigenvalue weighted by molar-refractivity contribution is -0.274. The molecule has 3 nitrogen and oxygen atoms in total. The summed E-state index contributed by atoms with van der Waals surface area (Å²) in [4.78, 5) is 12.8. The van der Waals surface area contributed by atoms with Crippen LogP contribution in [0.2, 0.25) is 0 Å². The van der Waals surface area contributed by atoms with Gasteiger partial charge in [-0.2, -0.15) is 0 Å². The molecule has 2 aromatic rings. The maximum absolute atomic E-state index is 12.0. The van der Waals surface area contributed by atoms with Crippen molar-refractivity contribution in [3.63, 3.8) is 0 Å². The summed E-state index contributed by atoms with van der Waals surface area (Å²) >= 11 is 4.69. The molecule has 0 fully saturated rings. The number of ether oxygens (including phenoxy) is 1. The summed E-state index contributed by atoms with van der Waals surface area (Å²) < 4.78 is 40.8. The van der Waals surface area contributed by atoms with Gasteiger partial charge in [-0.3, -0.25) is 4.79 Å². The van der Waals surface area contributed by atoms with Crippen LogP contribution in [0.15, 0.2) is 57.9 Å². The van der Waals surface area contributed by atoms with E-state index < -0.39 is 6.36 Å². The fraction of sp³-hybridized carbons (Fsp3) is 0.133. The Labute approximate surface area is 143 Å². The zero-order chi connectivity index (χ0) is 16.9. The third kappa shape index (κ3) is 6.54. The molecule has 2 aromatic carbocycles. The number of alkyl halides is 3. The minimum absolute atomic E-state index is 0.197. The van der Waals surface area contributed by atoms with Crippen LogP contribution in [0.5, 0.6) is 5.75 Å². The van der Waals surface area contributed by atoms with Crippen molar-refractivity contribution in [3.05, 3.63) is 53.0 Å². The van der Waals surface area contributed by atoms with Gasteiger partial charge in [0, 0.05) is 15.1 Å². The molecule has 0 saturated carbocycles. The summed E-state index contributed by atoms with van der Waals surface area (Å²) in [6.45, 7) is 0. The lowest BCUT2D eigenvalue weighted by atomic mass is 10.3. The van der Waals surface area contributed by atoms with Gasteiger partial charge >= 0.3 is 6.36 Å². The van der Waals surface area contributed by atoms with E-state index in [2.05, 4.69) is 26.0 Å².